The topological polar surface area (TPSA) is 66.4 Å². The van der Waals surface area contributed by atoms with Crippen molar-refractivity contribution in [3.05, 3.63) is 0 Å². The van der Waals surface area contributed by atoms with Crippen LogP contribution in [0.1, 0.15) is 51.9 Å². The molecular weight excluding hydrogens is 288 g/mol. The zero-order valence-electron chi connectivity index (χ0n) is 11.6. The lowest BCUT2D eigenvalue weighted by atomic mass is 9.58. The van der Waals surface area contributed by atoms with Crippen molar-refractivity contribution in [3.8, 4) is 0 Å². The summed E-state index contributed by atoms with van der Waals surface area (Å²) in [6.45, 7) is 0.744. The molecular formula is C13H21F2NO3S. The summed E-state index contributed by atoms with van der Waals surface area (Å²) >= 11 is -1.80. The van der Waals surface area contributed by atoms with E-state index in [1.165, 1.54) is 0 Å². The molecule has 3 rings (SSSR count). The number of amides is 1. The van der Waals surface area contributed by atoms with Crippen molar-refractivity contribution in [2.45, 2.75) is 63.3 Å². The highest BCUT2D eigenvalue weighted by Gasteiger charge is 2.50. The first-order valence-corrected chi connectivity index (χ1v) is 8.18. The molecule has 0 aromatic carbocycles. The SMILES string of the molecule is CC(F)(F)CC(=O)NC12CCC(CS(=O)O)(CC1)CC2. The minimum atomic E-state index is -2.98. The normalized spacial score (nSPS) is 34.8. The molecule has 3 aliphatic rings. The van der Waals surface area contributed by atoms with Crippen molar-refractivity contribution >= 4 is 17.0 Å². The lowest BCUT2D eigenvalue weighted by Crippen LogP contribution is -2.58. The zero-order valence-corrected chi connectivity index (χ0v) is 12.4. The first kappa shape index (κ1) is 15.8. The Hall–Kier alpha value is -0.560. The fourth-order valence-electron chi connectivity index (χ4n) is 3.55. The number of rotatable bonds is 5. The predicted molar refractivity (Wildman–Crippen MR) is 71.9 cm³/mol. The Bertz CT molecular complexity index is 398. The Morgan fingerprint density at radius 2 is 1.75 bits per heavy atom. The maximum Gasteiger partial charge on any atom is 0.254 e. The number of hydrogen-bond acceptors (Lipinski definition) is 2. The Kier molecular flexibility index (Phi) is 4.22. The van der Waals surface area contributed by atoms with E-state index in [1.54, 1.807) is 0 Å². The molecule has 0 spiro atoms. The van der Waals surface area contributed by atoms with Gasteiger partial charge in [-0.3, -0.25) is 4.79 Å². The molecule has 2 N–H and O–H groups in total. The molecule has 3 saturated carbocycles. The average molecular weight is 309 g/mol. The zero-order chi connectivity index (χ0) is 15.0. The van der Waals surface area contributed by atoms with Crippen LogP contribution in [0.2, 0.25) is 0 Å². The van der Waals surface area contributed by atoms with Crippen LogP contribution in [-0.4, -0.2) is 31.9 Å². The van der Waals surface area contributed by atoms with E-state index in [-0.39, 0.29) is 16.7 Å². The molecule has 0 aromatic rings. The molecule has 7 heteroatoms. The second kappa shape index (κ2) is 5.33. The monoisotopic (exact) mass is 309 g/mol. The van der Waals surface area contributed by atoms with Crippen LogP contribution in [0.3, 0.4) is 0 Å². The highest BCUT2D eigenvalue weighted by molar-refractivity contribution is 7.79. The molecule has 3 fully saturated rings. The average Bonchev–Trinajstić information content (AvgIpc) is 2.27. The molecule has 0 heterocycles. The fraction of sp³-hybridized carbons (Fsp3) is 0.923. The van der Waals surface area contributed by atoms with Gasteiger partial charge in [-0.1, -0.05) is 0 Å². The largest absolute Gasteiger partial charge is 0.350 e. The van der Waals surface area contributed by atoms with Gasteiger partial charge in [0.2, 0.25) is 5.91 Å². The quantitative estimate of drug-likeness (QED) is 0.767. The number of nitrogens with one attached hydrogen (secondary N) is 1. The Morgan fingerprint density at radius 3 is 2.15 bits per heavy atom. The summed E-state index contributed by atoms with van der Waals surface area (Å²) in [6, 6.07) is 0. The number of carbonyl (C=O) groups is 1. The van der Waals surface area contributed by atoms with E-state index in [1.807, 2.05) is 0 Å². The molecule has 20 heavy (non-hydrogen) atoms. The maximum atomic E-state index is 12.8. The van der Waals surface area contributed by atoms with E-state index < -0.39 is 29.3 Å². The van der Waals surface area contributed by atoms with Crippen molar-refractivity contribution in [1.82, 2.24) is 5.32 Å². The van der Waals surface area contributed by atoms with Crippen LogP contribution in [0.5, 0.6) is 0 Å². The Labute approximate surface area is 120 Å². The molecule has 4 nitrogen and oxygen atoms in total. The van der Waals surface area contributed by atoms with Gasteiger partial charge in [-0.2, -0.15) is 0 Å². The minimum Gasteiger partial charge on any atom is -0.350 e. The van der Waals surface area contributed by atoms with Crippen LogP contribution < -0.4 is 5.32 Å². The number of alkyl halides is 2. The lowest BCUT2D eigenvalue weighted by molar-refractivity contribution is -0.131. The van der Waals surface area contributed by atoms with E-state index in [0.717, 1.165) is 26.2 Å². The number of halogens is 2. The molecule has 1 amide bonds. The van der Waals surface area contributed by atoms with Crippen LogP contribution in [0.25, 0.3) is 0 Å². The van der Waals surface area contributed by atoms with Gasteiger partial charge < -0.3 is 9.87 Å². The molecule has 3 aliphatic carbocycles. The van der Waals surface area contributed by atoms with E-state index in [4.69, 9.17) is 4.55 Å². The third kappa shape index (κ3) is 3.75. The van der Waals surface area contributed by atoms with Gasteiger partial charge >= 0.3 is 0 Å². The fourth-order valence-corrected chi connectivity index (χ4v) is 4.51. The number of carbonyl (C=O) groups excluding carboxylic acids is 1. The summed E-state index contributed by atoms with van der Waals surface area (Å²) < 4.78 is 45.8. The molecule has 0 radical (unpaired) electrons. The lowest BCUT2D eigenvalue weighted by Gasteiger charge is -2.53. The molecule has 0 aliphatic heterocycles. The molecule has 116 valence electrons. The van der Waals surface area contributed by atoms with Gasteiger partial charge in [0.05, 0.1) is 12.2 Å². The van der Waals surface area contributed by atoms with Gasteiger partial charge in [0.1, 0.15) is 0 Å². The van der Waals surface area contributed by atoms with Gasteiger partial charge in [0.15, 0.2) is 11.1 Å². The molecule has 1 atom stereocenters. The smallest absolute Gasteiger partial charge is 0.254 e. The van der Waals surface area contributed by atoms with E-state index in [2.05, 4.69) is 5.32 Å². The third-order valence-electron chi connectivity index (χ3n) is 4.71. The van der Waals surface area contributed by atoms with Crippen molar-refractivity contribution in [2.24, 2.45) is 5.41 Å². The molecule has 1 unspecified atom stereocenters. The summed E-state index contributed by atoms with van der Waals surface area (Å²) in [6.07, 6.45) is 3.70. The number of fused-ring (bicyclic) bond motifs is 3. The minimum absolute atomic E-state index is 0.0964. The summed E-state index contributed by atoms with van der Waals surface area (Å²) in [5.74, 6) is -3.30. The summed E-state index contributed by atoms with van der Waals surface area (Å²) in [5, 5.41) is 2.79. The molecule has 0 aromatic heterocycles. The van der Waals surface area contributed by atoms with Gasteiger partial charge in [-0.05, 0) is 50.9 Å². The second-order valence-corrected chi connectivity index (χ2v) is 7.47. The second-order valence-electron chi connectivity index (χ2n) is 6.54. The first-order chi connectivity index (χ1) is 9.14. The Morgan fingerprint density at radius 1 is 1.25 bits per heavy atom. The molecule has 0 saturated heterocycles. The first-order valence-electron chi connectivity index (χ1n) is 6.90. The summed E-state index contributed by atoms with van der Waals surface area (Å²) in [7, 11) is 0. The van der Waals surface area contributed by atoms with E-state index >= 15 is 0 Å². The van der Waals surface area contributed by atoms with Gasteiger partial charge in [0.25, 0.3) is 5.92 Å². The Balaban J connectivity index is 1.94. The van der Waals surface area contributed by atoms with E-state index in [0.29, 0.717) is 19.3 Å². The van der Waals surface area contributed by atoms with Crippen molar-refractivity contribution in [1.29, 1.82) is 0 Å². The number of hydrogen-bond donors (Lipinski definition) is 2. The summed E-state index contributed by atoms with van der Waals surface area (Å²) in [4.78, 5) is 11.7. The van der Waals surface area contributed by atoms with Crippen molar-refractivity contribution in [3.63, 3.8) is 0 Å². The van der Waals surface area contributed by atoms with Gasteiger partial charge in [-0.25, -0.2) is 13.0 Å². The predicted octanol–water partition coefficient (Wildman–Crippen LogP) is 2.46. The van der Waals surface area contributed by atoms with Crippen LogP contribution in [0.4, 0.5) is 8.78 Å². The maximum absolute atomic E-state index is 12.8. The van der Waals surface area contributed by atoms with Crippen molar-refractivity contribution in [2.75, 3.05) is 5.75 Å². The van der Waals surface area contributed by atoms with E-state index in [9.17, 15) is 17.8 Å². The summed E-state index contributed by atoms with van der Waals surface area (Å²) in [5.41, 5.74) is -0.470. The molecule has 2 bridgehead atoms. The van der Waals surface area contributed by atoms with Gasteiger partial charge in [0, 0.05) is 5.54 Å². The third-order valence-corrected chi connectivity index (χ3v) is 5.57. The highest BCUT2D eigenvalue weighted by atomic mass is 32.2. The van der Waals surface area contributed by atoms with Gasteiger partial charge in [-0.15, -0.1) is 0 Å². The van der Waals surface area contributed by atoms with Crippen LogP contribution in [0, 0.1) is 5.41 Å². The van der Waals surface area contributed by atoms with Crippen LogP contribution in [0.15, 0.2) is 0 Å². The van der Waals surface area contributed by atoms with Crippen molar-refractivity contribution < 1.29 is 22.3 Å². The van der Waals surface area contributed by atoms with Crippen LogP contribution in [-0.2, 0) is 15.9 Å². The standard InChI is InChI=1S/C13H21F2NO3S/c1-11(14,15)8-10(17)16-13-5-2-12(3-6-13,4-7-13)9-20(18)19/h2-9H2,1H3,(H,16,17)(H,18,19). The van der Waals surface area contributed by atoms with Crippen LogP contribution >= 0.6 is 0 Å². The highest BCUT2D eigenvalue weighted by Crippen LogP contribution is 2.52.